The Hall–Kier alpha value is -2.67. The third-order valence-corrected chi connectivity index (χ3v) is 5.32. The summed E-state index contributed by atoms with van der Waals surface area (Å²) in [6, 6.07) is 4.00. The van der Waals surface area contributed by atoms with E-state index in [2.05, 4.69) is 17.6 Å². The number of halogens is 1. The zero-order valence-electron chi connectivity index (χ0n) is 15.8. The highest BCUT2D eigenvalue weighted by molar-refractivity contribution is 6.29. The summed E-state index contributed by atoms with van der Waals surface area (Å²) in [5.74, 6) is -1.73. The number of carbonyl (C=O) groups excluding carboxylic acids is 4. The molecule has 0 aromatic heterocycles. The van der Waals surface area contributed by atoms with Crippen LogP contribution in [0.3, 0.4) is 0 Å². The fourth-order valence-corrected chi connectivity index (χ4v) is 3.66. The maximum Gasteiger partial charge on any atom is 0.262 e. The minimum atomic E-state index is -0.954. The standard InChI is InChI=1S/C20H22ClN3O4/c1-3-12(21)8-11(2)10-22-13-4-5-14-15(9-13)20(28)24(19(14)27)16-6-7-17(25)23-18(16)26/h3-5,9,11,16,22H,6-8,10H2,1-2H3,(H,23,25,26)/b12-3+. The molecule has 0 aliphatic carbocycles. The number of amides is 4. The third-order valence-electron chi connectivity index (χ3n) is 4.95. The van der Waals surface area contributed by atoms with E-state index in [1.165, 1.54) is 0 Å². The molecule has 2 N–H and O–H groups in total. The molecule has 1 aromatic carbocycles. The van der Waals surface area contributed by atoms with Gasteiger partial charge in [0.1, 0.15) is 6.04 Å². The van der Waals surface area contributed by atoms with Crippen LogP contribution < -0.4 is 10.6 Å². The zero-order valence-corrected chi connectivity index (χ0v) is 16.5. The number of hydrogen-bond donors (Lipinski definition) is 2. The summed E-state index contributed by atoms with van der Waals surface area (Å²) in [5.41, 5.74) is 1.25. The second kappa shape index (κ2) is 8.14. The van der Waals surface area contributed by atoms with Crippen LogP contribution in [0.4, 0.5) is 5.69 Å². The molecule has 8 heteroatoms. The lowest BCUT2D eigenvalue weighted by molar-refractivity contribution is -0.136. The number of carbonyl (C=O) groups is 4. The van der Waals surface area contributed by atoms with E-state index < -0.39 is 29.7 Å². The largest absolute Gasteiger partial charge is 0.385 e. The van der Waals surface area contributed by atoms with Gasteiger partial charge in [-0.1, -0.05) is 24.6 Å². The summed E-state index contributed by atoms with van der Waals surface area (Å²) < 4.78 is 0. The fraction of sp³-hybridized carbons (Fsp3) is 0.400. The molecule has 2 aliphatic heterocycles. The number of allylic oxidation sites excluding steroid dienone is 2. The van der Waals surface area contributed by atoms with Crippen molar-refractivity contribution in [1.82, 2.24) is 10.2 Å². The maximum atomic E-state index is 12.8. The van der Waals surface area contributed by atoms with Crippen molar-refractivity contribution < 1.29 is 19.2 Å². The molecule has 148 valence electrons. The Morgan fingerprint density at radius 1 is 1.29 bits per heavy atom. The molecular weight excluding hydrogens is 382 g/mol. The van der Waals surface area contributed by atoms with E-state index in [4.69, 9.17) is 11.6 Å². The number of benzene rings is 1. The van der Waals surface area contributed by atoms with E-state index in [-0.39, 0.29) is 29.9 Å². The van der Waals surface area contributed by atoms with Gasteiger partial charge < -0.3 is 5.32 Å². The van der Waals surface area contributed by atoms with Crippen LogP contribution >= 0.6 is 11.6 Å². The predicted molar refractivity (Wildman–Crippen MR) is 105 cm³/mol. The lowest BCUT2D eigenvalue weighted by atomic mass is 10.0. The van der Waals surface area contributed by atoms with Crippen molar-refractivity contribution in [3.05, 3.63) is 40.4 Å². The van der Waals surface area contributed by atoms with Crippen molar-refractivity contribution in [1.29, 1.82) is 0 Å². The molecule has 7 nitrogen and oxygen atoms in total. The van der Waals surface area contributed by atoms with Crippen molar-refractivity contribution in [3.8, 4) is 0 Å². The second-order valence-corrected chi connectivity index (χ2v) is 7.62. The molecule has 0 saturated carbocycles. The van der Waals surface area contributed by atoms with Crippen LogP contribution in [-0.4, -0.2) is 41.1 Å². The summed E-state index contributed by atoms with van der Waals surface area (Å²) in [7, 11) is 0. The van der Waals surface area contributed by atoms with Crippen LogP contribution in [0.1, 0.15) is 53.8 Å². The second-order valence-electron chi connectivity index (χ2n) is 7.13. The van der Waals surface area contributed by atoms with Crippen LogP contribution in [0, 0.1) is 5.92 Å². The number of piperidine rings is 1. The average molecular weight is 404 g/mol. The Balaban J connectivity index is 1.73. The maximum absolute atomic E-state index is 12.8. The molecule has 4 amide bonds. The number of imide groups is 2. The summed E-state index contributed by atoms with van der Waals surface area (Å²) in [4.78, 5) is 49.8. The summed E-state index contributed by atoms with van der Waals surface area (Å²) in [6.45, 7) is 4.60. The van der Waals surface area contributed by atoms with Crippen molar-refractivity contribution in [2.45, 2.75) is 39.2 Å². The van der Waals surface area contributed by atoms with Gasteiger partial charge in [-0.3, -0.25) is 29.4 Å². The smallest absolute Gasteiger partial charge is 0.262 e. The highest BCUT2D eigenvalue weighted by atomic mass is 35.5. The Labute approximate surface area is 168 Å². The number of hydrogen-bond acceptors (Lipinski definition) is 5. The van der Waals surface area contributed by atoms with Crippen molar-refractivity contribution in [2.75, 3.05) is 11.9 Å². The third kappa shape index (κ3) is 3.94. The first-order chi connectivity index (χ1) is 13.3. The predicted octanol–water partition coefficient (Wildman–Crippen LogP) is 2.67. The van der Waals surface area contributed by atoms with Gasteiger partial charge in [0, 0.05) is 23.7 Å². The molecule has 28 heavy (non-hydrogen) atoms. The van der Waals surface area contributed by atoms with Crippen LogP contribution in [0.2, 0.25) is 0 Å². The fourth-order valence-electron chi connectivity index (χ4n) is 3.40. The van der Waals surface area contributed by atoms with Gasteiger partial charge in [-0.15, -0.1) is 0 Å². The number of anilines is 1. The topological polar surface area (TPSA) is 95.6 Å². The first-order valence-corrected chi connectivity index (χ1v) is 9.59. The van der Waals surface area contributed by atoms with Crippen LogP contribution in [0.15, 0.2) is 29.3 Å². The molecule has 0 radical (unpaired) electrons. The van der Waals surface area contributed by atoms with Crippen LogP contribution in [-0.2, 0) is 9.59 Å². The van der Waals surface area contributed by atoms with Crippen LogP contribution in [0.25, 0.3) is 0 Å². The lowest BCUT2D eigenvalue weighted by Crippen LogP contribution is -2.54. The molecular formula is C20H22ClN3O4. The average Bonchev–Trinajstić information content (AvgIpc) is 2.90. The van der Waals surface area contributed by atoms with Gasteiger partial charge in [-0.05, 0) is 43.9 Å². The molecule has 1 saturated heterocycles. The van der Waals surface area contributed by atoms with Gasteiger partial charge in [0.05, 0.1) is 11.1 Å². The van der Waals surface area contributed by atoms with E-state index in [0.717, 1.165) is 16.4 Å². The first-order valence-electron chi connectivity index (χ1n) is 9.22. The minimum absolute atomic E-state index is 0.100. The summed E-state index contributed by atoms with van der Waals surface area (Å²) >= 11 is 6.06. The van der Waals surface area contributed by atoms with E-state index >= 15 is 0 Å². The molecule has 2 atom stereocenters. The van der Waals surface area contributed by atoms with Gasteiger partial charge in [0.15, 0.2) is 0 Å². The Morgan fingerprint density at radius 2 is 2.00 bits per heavy atom. The van der Waals surface area contributed by atoms with Gasteiger partial charge in [-0.2, -0.15) is 0 Å². The molecule has 2 heterocycles. The molecule has 2 aliphatic rings. The lowest BCUT2D eigenvalue weighted by Gasteiger charge is -2.27. The Kier molecular flexibility index (Phi) is 5.84. The molecule has 1 aromatic rings. The van der Waals surface area contributed by atoms with E-state index in [0.29, 0.717) is 12.2 Å². The molecule has 0 bridgehead atoms. The van der Waals surface area contributed by atoms with Gasteiger partial charge in [-0.25, -0.2) is 0 Å². The van der Waals surface area contributed by atoms with Gasteiger partial charge in [0.2, 0.25) is 11.8 Å². The van der Waals surface area contributed by atoms with Gasteiger partial charge in [0.25, 0.3) is 11.8 Å². The monoisotopic (exact) mass is 403 g/mol. The van der Waals surface area contributed by atoms with Crippen LogP contribution in [0.5, 0.6) is 0 Å². The van der Waals surface area contributed by atoms with Crippen molar-refractivity contribution in [2.24, 2.45) is 5.92 Å². The highest BCUT2D eigenvalue weighted by Crippen LogP contribution is 2.29. The number of rotatable bonds is 6. The van der Waals surface area contributed by atoms with Gasteiger partial charge >= 0.3 is 0 Å². The van der Waals surface area contributed by atoms with E-state index in [9.17, 15) is 19.2 Å². The molecule has 3 rings (SSSR count). The van der Waals surface area contributed by atoms with E-state index in [1.807, 2.05) is 13.0 Å². The van der Waals surface area contributed by atoms with Crippen molar-refractivity contribution >= 4 is 40.9 Å². The quantitative estimate of drug-likeness (QED) is 0.712. The Bertz CT molecular complexity index is 880. The molecule has 2 unspecified atom stereocenters. The number of fused-ring (bicyclic) bond motifs is 1. The zero-order chi connectivity index (χ0) is 20.4. The van der Waals surface area contributed by atoms with Crippen molar-refractivity contribution in [3.63, 3.8) is 0 Å². The van der Waals surface area contributed by atoms with E-state index in [1.54, 1.807) is 18.2 Å². The Morgan fingerprint density at radius 3 is 2.68 bits per heavy atom. The summed E-state index contributed by atoms with van der Waals surface area (Å²) in [6.07, 6.45) is 2.85. The summed E-state index contributed by atoms with van der Waals surface area (Å²) in [5, 5.41) is 6.24. The SMILES string of the molecule is C/C=C(/Cl)CC(C)CNc1ccc2c(c1)C(=O)N(C1CCC(=O)NC1=O)C2=O. The normalized spacial score (nSPS) is 20.9. The number of nitrogens with one attached hydrogen (secondary N) is 2. The first kappa shape index (κ1) is 20.1. The minimum Gasteiger partial charge on any atom is -0.385 e. The number of nitrogens with zero attached hydrogens (tertiary/aromatic N) is 1. The highest BCUT2D eigenvalue weighted by Gasteiger charge is 2.44. The molecule has 0 spiro atoms. The molecule has 1 fully saturated rings.